The molecule has 1 aromatic rings. The smallest absolute Gasteiger partial charge is 0.405 e. The van der Waals surface area contributed by atoms with Gasteiger partial charge in [0.05, 0.1) is 7.11 Å². The van der Waals surface area contributed by atoms with Gasteiger partial charge < -0.3 is 15.4 Å². The predicted octanol–water partition coefficient (Wildman–Crippen LogP) is 1.60. The van der Waals surface area contributed by atoms with Gasteiger partial charge in [0, 0.05) is 6.04 Å². The van der Waals surface area contributed by atoms with E-state index >= 15 is 0 Å². The van der Waals surface area contributed by atoms with Gasteiger partial charge in [0.2, 0.25) is 5.88 Å². The Morgan fingerprint density at radius 1 is 1.44 bits per heavy atom. The van der Waals surface area contributed by atoms with E-state index in [0.717, 1.165) is 6.33 Å². The highest BCUT2D eigenvalue weighted by molar-refractivity contribution is 5.68. The van der Waals surface area contributed by atoms with Gasteiger partial charge in [0.25, 0.3) is 0 Å². The van der Waals surface area contributed by atoms with Crippen molar-refractivity contribution in [1.82, 2.24) is 9.97 Å². The summed E-state index contributed by atoms with van der Waals surface area (Å²) in [6, 6.07) is -0.159. The van der Waals surface area contributed by atoms with Crippen LogP contribution in [0.1, 0.15) is 12.8 Å². The number of methoxy groups -OCH3 is 1. The van der Waals surface area contributed by atoms with Crippen molar-refractivity contribution in [3.8, 4) is 5.88 Å². The standard InChI is InChI=1S/C10H13F3N4O/c1-18-9-7(14)8(15-5-16-9)17(6-2-3-6)4-10(11,12)13/h5-6H,2-4,14H2,1H3. The molecule has 0 spiro atoms. The summed E-state index contributed by atoms with van der Waals surface area (Å²) >= 11 is 0. The van der Waals surface area contributed by atoms with Gasteiger partial charge in [-0.2, -0.15) is 18.2 Å². The van der Waals surface area contributed by atoms with E-state index < -0.39 is 12.7 Å². The number of halogens is 3. The van der Waals surface area contributed by atoms with Crippen LogP contribution in [0.4, 0.5) is 24.7 Å². The monoisotopic (exact) mass is 262 g/mol. The van der Waals surface area contributed by atoms with Gasteiger partial charge in [0.15, 0.2) is 5.82 Å². The number of ether oxygens (including phenoxy) is 1. The Balaban J connectivity index is 2.31. The molecule has 1 aliphatic rings. The molecule has 0 aromatic carbocycles. The molecule has 8 heteroatoms. The average Bonchev–Trinajstić information content (AvgIpc) is 3.09. The van der Waals surface area contributed by atoms with Crippen LogP contribution in [0.5, 0.6) is 5.88 Å². The lowest BCUT2D eigenvalue weighted by molar-refractivity contribution is -0.120. The normalized spacial score (nSPS) is 15.6. The van der Waals surface area contributed by atoms with Crippen molar-refractivity contribution in [2.75, 3.05) is 24.3 Å². The van der Waals surface area contributed by atoms with Crippen LogP contribution in [0.25, 0.3) is 0 Å². The van der Waals surface area contributed by atoms with Gasteiger partial charge in [-0.15, -0.1) is 0 Å². The van der Waals surface area contributed by atoms with E-state index in [1.165, 1.54) is 12.0 Å². The van der Waals surface area contributed by atoms with Gasteiger partial charge >= 0.3 is 6.18 Å². The Hall–Kier alpha value is -1.73. The van der Waals surface area contributed by atoms with Crippen molar-refractivity contribution in [3.05, 3.63) is 6.33 Å². The van der Waals surface area contributed by atoms with Crippen LogP contribution in [0.3, 0.4) is 0 Å². The maximum absolute atomic E-state index is 12.5. The maximum Gasteiger partial charge on any atom is 0.405 e. The van der Waals surface area contributed by atoms with Crippen LogP contribution in [-0.4, -0.2) is 35.8 Å². The van der Waals surface area contributed by atoms with Crippen LogP contribution in [0.15, 0.2) is 6.33 Å². The molecule has 1 fully saturated rings. The highest BCUT2D eigenvalue weighted by atomic mass is 19.4. The number of nitrogens with zero attached hydrogens (tertiary/aromatic N) is 3. The van der Waals surface area contributed by atoms with Crippen molar-refractivity contribution < 1.29 is 17.9 Å². The minimum atomic E-state index is -4.30. The fourth-order valence-corrected chi connectivity index (χ4v) is 1.72. The number of anilines is 2. The molecule has 0 atom stereocenters. The molecular weight excluding hydrogens is 249 g/mol. The molecule has 100 valence electrons. The second kappa shape index (κ2) is 4.51. The molecule has 0 saturated heterocycles. The molecule has 1 aliphatic carbocycles. The summed E-state index contributed by atoms with van der Waals surface area (Å²) in [7, 11) is 1.35. The molecule has 0 radical (unpaired) electrons. The Morgan fingerprint density at radius 3 is 2.61 bits per heavy atom. The number of nitrogens with two attached hydrogens (primary N) is 1. The third kappa shape index (κ3) is 2.74. The molecule has 5 nitrogen and oxygen atoms in total. The molecule has 0 unspecified atom stereocenters. The first-order valence-electron chi connectivity index (χ1n) is 5.40. The van der Waals surface area contributed by atoms with Gasteiger partial charge in [-0.25, -0.2) is 4.98 Å². The van der Waals surface area contributed by atoms with Crippen LogP contribution < -0.4 is 15.4 Å². The average molecular weight is 262 g/mol. The minimum Gasteiger partial charge on any atom is -0.479 e. The minimum absolute atomic E-state index is 0.0381. The van der Waals surface area contributed by atoms with E-state index in [0.29, 0.717) is 12.8 Å². The number of alkyl halides is 3. The third-order valence-corrected chi connectivity index (χ3v) is 2.63. The zero-order valence-corrected chi connectivity index (χ0v) is 9.74. The lowest BCUT2D eigenvalue weighted by Crippen LogP contribution is -2.37. The Kier molecular flexibility index (Phi) is 3.18. The summed E-state index contributed by atoms with van der Waals surface area (Å²) in [5.41, 5.74) is 5.76. The van der Waals surface area contributed by atoms with E-state index in [4.69, 9.17) is 10.5 Å². The summed E-state index contributed by atoms with van der Waals surface area (Å²) < 4.78 is 42.5. The molecule has 1 heterocycles. The first-order chi connectivity index (χ1) is 8.42. The lowest BCUT2D eigenvalue weighted by Gasteiger charge is -2.25. The highest BCUT2D eigenvalue weighted by Gasteiger charge is 2.39. The van der Waals surface area contributed by atoms with Gasteiger partial charge in [-0.05, 0) is 12.8 Å². The van der Waals surface area contributed by atoms with Crippen molar-refractivity contribution in [2.24, 2.45) is 0 Å². The lowest BCUT2D eigenvalue weighted by atomic mass is 10.3. The van der Waals surface area contributed by atoms with E-state index in [9.17, 15) is 13.2 Å². The number of aromatic nitrogens is 2. The molecule has 0 bridgehead atoms. The van der Waals surface area contributed by atoms with Gasteiger partial charge in [-0.3, -0.25) is 0 Å². The second-order valence-corrected chi connectivity index (χ2v) is 4.09. The SMILES string of the molecule is COc1ncnc(N(CC(F)(F)F)C2CC2)c1N. The van der Waals surface area contributed by atoms with Crippen LogP contribution in [-0.2, 0) is 0 Å². The molecule has 1 aromatic heterocycles. The Bertz CT molecular complexity index is 434. The number of hydrogen-bond donors (Lipinski definition) is 1. The number of rotatable bonds is 4. The molecule has 0 aliphatic heterocycles. The zero-order valence-electron chi connectivity index (χ0n) is 9.74. The highest BCUT2D eigenvalue weighted by Crippen LogP contribution is 2.37. The van der Waals surface area contributed by atoms with Crippen molar-refractivity contribution >= 4 is 11.5 Å². The van der Waals surface area contributed by atoms with E-state index in [-0.39, 0.29) is 23.4 Å². The van der Waals surface area contributed by atoms with Gasteiger partial charge in [-0.1, -0.05) is 0 Å². The summed E-state index contributed by atoms with van der Waals surface area (Å²) in [5.74, 6) is 0.175. The molecular formula is C10H13F3N4O. The molecule has 0 amide bonds. The summed E-state index contributed by atoms with van der Waals surface area (Å²) in [5, 5.41) is 0. The first kappa shape index (κ1) is 12.7. The predicted molar refractivity (Wildman–Crippen MR) is 59.4 cm³/mol. The zero-order chi connectivity index (χ0) is 13.3. The fraction of sp³-hybridized carbons (Fsp3) is 0.600. The van der Waals surface area contributed by atoms with Crippen LogP contribution in [0, 0.1) is 0 Å². The number of nitrogen functional groups attached to an aromatic ring is 1. The molecule has 18 heavy (non-hydrogen) atoms. The van der Waals surface area contributed by atoms with Crippen LogP contribution >= 0.6 is 0 Å². The van der Waals surface area contributed by atoms with Crippen molar-refractivity contribution in [2.45, 2.75) is 25.1 Å². The molecule has 2 rings (SSSR count). The fourth-order valence-electron chi connectivity index (χ4n) is 1.72. The van der Waals surface area contributed by atoms with E-state index in [2.05, 4.69) is 9.97 Å². The Labute approximate surface area is 102 Å². The quantitative estimate of drug-likeness (QED) is 0.892. The topological polar surface area (TPSA) is 64.3 Å². The van der Waals surface area contributed by atoms with E-state index in [1.807, 2.05) is 0 Å². The molecule has 1 saturated carbocycles. The largest absolute Gasteiger partial charge is 0.479 e. The summed E-state index contributed by atoms with van der Waals surface area (Å²) in [4.78, 5) is 8.76. The molecule has 2 N–H and O–H groups in total. The Morgan fingerprint density at radius 2 is 2.11 bits per heavy atom. The number of hydrogen-bond acceptors (Lipinski definition) is 5. The summed E-state index contributed by atoms with van der Waals surface area (Å²) in [6.45, 7) is -1.07. The third-order valence-electron chi connectivity index (χ3n) is 2.63. The van der Waals surface area contributed by atoms with Crippen LogP contribution in [0.2, 0.25) is 0 Å². The first-order valence-corrected chi connectivity index (χ1v) is 5.40. The maximum atomic E-state index is 12.5. The van der Waals surface area contributed by atoms with Crippen molar-refractivity contribution in [3.63, 3.8) is 0 Å². The summed E-state index contributed by atoms with van der Waals surface area (Å²) in [6.07, 6.45) is -1.73. The second-order valence-electron chi connectivity index (χ2n) is 4.09. The van der Waals surface area contributed by atoms with E-state index in [1.54, 1.807) is 0 Å². The van der Waals surface area contributed by atoms with Crippen molar-refractivity contribution in [1.29, 1.82) is 0 Å². The van der Waals surface area contributed by atoms with Gasteiger partial charge in [0.1, 0.15) is 18.6 Å².